The predicted molar refractivity (Wildman–Crippen MR) is 113 cm³/mol. The lowest BCUT2D eigenvalue weighted by molar-refractivity contribution is 0.0972. The van der Waals surface area contributed by atoms with Crippen molar-refractivity contribution in [2.45, 2.75) is 24.9 Å². The third kappa shape index (κ3) is 6.28. The molecule has 0 spiro atoms. The van der Waals surface area contributed by atoms with Crippen LogP contribution in [0.1, 0.15) is 27.4 Å². The van der Waals surface area contributed by atoms with E-state index in [0.29, 0.717) is 24.8 Å². The summed E-state index contributed by atoms with van der Waals surface area (Å²) in [6.45, 7) is 3.16. The first-order valence-electron chi connectivity index (χ1n) is 7.50. The van der Waals surface area contributed by atoms with E-state index in [0.717, 1.165) is 0 Å². The average molecular weight is 474 g/mol. The largest absolute Gasteiger partial charge is 0.454 e. The monoisotopic (exact) mass is 474 g/mol. The fourth-order valence-corrected chi connectivity index (χ4v) is 2.88. The molecule has 1 heterocycles. The predicted octanol–water partition coefficient (Wildman–Crippen LogP) is 2.89. The van der Waals surface area contributed by atoms with Gasteiger partial charge in [-0.1, -0.05) is 12.1 Å². The van der Waals surface area contributed by atoms with Crippen molar-refractivity contribution < 1.29 is 9.21 Å². The van der Waals surface area contributed by atoms with Crippen LogP contribution in [0.2, 0.25) is 0 Å². The molecule has 0 fully saturated rings. The first-order chi connectivity index (χ1) is 11.5. The zero-order chi connectivity index (χ0) is 17.5. The molecular weight excluding hydrogens is 451 g/mol. The summed E-state index contributed by atoms with van der Waals surface area (Å²) < 4.78 is 5.33. The number of nitrogens with two attached hydrogens (primary N) is 1. The molecule has 2 rings (SSSR count). The SMILES string of the molecule is CN=C(NCc1ccc(C(N)=O)o1)NCc1ccc(C)cc1SC.I. The number of carbonyl (C=O) groups is 1. The minimum Gasteiger partial charge on any atom is -0.454 e. The molecule has 8 heteroatoms. The van der Waals surface area contributed by atoms with Crippen LogP contribution in [0.4, 0.5) is 0 Å². The summed E-state index contributed by atoms with van der Waals surface area (Å²) in [7, 11) is 1.71. The smallest absolute Gasteiger partial charge is 0.284 e. The van der Waals surface area contributed by atoms with Gasteiger partial charge in [-0.3, -0.25) is 9.79 Å². The van der Waals surface area contributed by atoms with E-state index in [2.05, 4.69) is 47.0 Å². The molecule has 0 aliphatic carbocycles. The van der Waals surface area contributed by atoms with Crippen LogP contribution in [0.5, 0.6) is 0 Å². The number of primary amides is 1. The maximum atomic E-state index is 11.0. The van der Waals surface area contributed by atoms with Crippen LogP contribution in [0.15, 0.2) is 44.6 Å². The third-order valence-electron chi connectivity index (χ3n) is 3.45. The van der Waals surface area contributed by atoms with Crippen molar-refractivity contribution in [1.29, 1.82) is 0 Å². The molecule has 0 bridgehead atoms. The van der Waals surface area contributed by atoms with Crippen molar-refractivity contribution in [3.63, 3.8) is 0 Å². The summed E-state index contributed by atoms with van der Waals surface area (Å²) in [5.41, 5.74) is 7.63. The van der Waals surface area contributed by atoms with E-state index in [-0.39, 0.29) is 29.7 Å². The number of thioether (sulfide) groups is 1. The summed E-state index contributed by atoms with van der Waals surface area (Å²) in [6, 6.07) is 9.67. The first-order valence-corrected chi connectivity index (χ1v) is 8.72. The molecular formula is C17H23IN4O2S. The lowest BCUT2D eigenvalue weighted by Crippen LogP contribution is -2.36. The van der Waals surface area contributed by atoms with Gasteiger partial charge in [0, 0.05) is 18.5 Å². The fourth-order valence-electron chi connectivity index (χ4n) is 2.17. The van der Waals surface area contributed by atoms with Gasteiger partial charge in [-0.25, -0.2) is 0 Å². The molecule has 1 aromatic heterocycles. The Balaban J connectivity index is 0.00000312. The Morgan fingerprint density at radius 3 is 2.56 bits per heavy atom. The molecule has 4 N–H and O–H groups in total. The number of amides is 1. The number of benzene rings is 1. The number of furan rings is 1. The molecule has 2 aromatic rings. The van der Waals surface area contributed by atoms with Crippen LogP contribution < -0.4 is 16.4 Å². The Bertz CT molecular complexity index is 746. The quantitative estimate of drug-likeness (QED) is 0.259. The van der Waals surface area contributed by atoms with E-state index in [9.17, 15) is 4.79 Å². The van der Waals surface area contributed by atoms with Crippen molar-refractivity contribution in [2.24, 2.45) is 10.7 Å². The van der Waals surface area contributed by atoms with E-state index in [4.69, 9.17) is 10.2 Å². The maximum absolute atomic E-state index is 11.0. The fraction of sp³-hybridized carbons (Fsp3) is 0.294. The van der Waals surface area contributed by atoms with Crippen LogP contribution >= 0.6 is 35.7 Å². The Morgan fingerprint density at radius 1 is 1.24 bits per heavy atom. The van der Waals surface area contributed by atoms with Crippen LogP contribution in [-0.4, -0.2) is 25.2 Å². The van der Waals surface area contributed by atoms with Crippen LogP contribution in [0.25, 0.3) is 0 Å². The number of carbonyl (C=O) groups excluding carboxylic acids is 1. The Hall–Kier alpha value is -1.68. The number of aryl methyl sites for hydroxylation is 1. The van der Waals surface area contributed by atoms with Gasteiger partial charge in [0.1, 0.15) is 5.76 Å². The summed E-state index contributed by atoms with van der Waals surface area (Å²) in [5.74, 6) is 0.846. The van der Waals surface area contributed by atoms with Gasteiger partial charge in [0.15, 0.2) is 11.7 Å². The molecule has 0 saturated heterocycles. The molecule has 25 heavy (non-hydrogen) atoms. The van der Waals surface area contributed by atoms with Gasteiger partial charge in [0.05, 0.1) is 6.54 Å². The van der Waals surface area contributed by atoms with Crippen molar-refractivity contribution in [1.82, 2.24) is 10.6 Å². The highest BCUT2D eigenvalue weighted by atomic mass is 127. The molecule has 1 aromatic carbocycles. The standard InChI is InChI=1S/C17H22N4O2S.HI/c1-11-4-5-12(15(8-11)24-3)9-20-17(19-2)21-10-13-6-7-14(23-13)16(18)22;/h4-8H,9-10H2,1-3H3,(H2,18,22)(H2,19,20,21);1H. The Morgan fingerprint density at radius 2 is 1.96 bits per heavy atom. The van der Waals surface area contributed by atoms with Gasteiger partial charge in [0.25, 0.3) is 5.91 Å². The van der Waals surface area contributed by atoms with Crippen molar-refractivity contribution in [2.75, 3.05) is 13.3 Å². The normalized spacial score (nSPS) is 10.9. The molecule has 136 valence electrons. The number of hydrogen-bond donors (Lipinski definition) is 3. The molecule has 0 radical (unpaired) electrons. The van der Waals surface area contributed by atoms with Crippen molar-refractivity contribution >= 4 is 47.6 Å². The highest BCUT2D eigenvalue weighted by Crippen LogP contribution is 2.21. The van der Waals surface area contributed by atoms with Gasteiger partial charge in [-0.15, -0.1) is 35.7 Å². The number of guanidine groups is 1. The molecule has 0 aliphatic heterocycles. The highest BCUT2D eigenvalue weighted by molar-refractivity contribution is 14.0. The number of nitrogens with one attached hydrogen (secondary N) is 2. The topological polar surface area (TPSA) is 92.6 Å². The first kappa shape index (κ1) is 21.4. The van der Waals surface area contributed by atoms with Crippen LogP contribution in [0, 0.1) is 6.92 Å². The number of halogens is 1. The summed E-state index contributed by atoms with van der Waals surface area (Å²) in [6.07, 6.45) is 2.07. The molecule has 0 saturated carbocycles. The van der Waals surface area contributed by atoms with Gasteiger partial charge < -0.3 is 20.8 Å². The second kappa shape index (κ2) is 10.3. The summed E-state index contributed by atoms with van der Waals surface area (Å²) >= 11 is 1.73. The van der Waals surface area contributed by atoms with E-state index in [1.54, 1.807) is 30.9 Å². The lowest BCUT2D eigenvalue weighted by Gasteiger charge is -2.13. The highest BCUT2D eigenvalue weighted by Gasteiger charge is 2.08. The molecule has 0 atom stereocenters. The molecule has 6 nitrogen and oxygen atoms in total. The van der Waals surface area contributed by atoms with E-state index in [1.165, 1.54) is 16.0 Å². The van der Waals surface area contributed by atoms with Gasteiger partial charge in [-0.05, 0) is 42.5 Å². The zero-order valence-corrected chi connectivity index (χ0v) is 17.6. The molecule has 0 unspecified atom stereocenters. The summed E-state index contributed by atoms with van der Waals surface area (Å²) in [4.78, 5) is 16.5. The molecule has 1 amide bonds. The average Bonchev–Trinajstić information content (AvgIpc) is 3.05. The van der Waals surface area contributed by atoms with Crippen molar-refractivity contribution in [3.05, 3.63) is 53.0 Å². The molecule has 0 aliphatic rings. The number of hydrogen-bond acceptors (Lipinski definition) is 4. The maximum Gasteiger partial charge on any atom is 0.284 e. The third-order valence-corrected chi connectivity index (χ3v) is 4.27. The second-order valence-corrected chi connectivity index (χ2v) is 6.07. The minimum atomic E-state index is -0.576. The minimum absolute atomic E-state index is 0. The van der Waals surface area contributed by atoms with E-state index < -0.39 is 5.91 Å². The van der Waals surface area contributed by atoms with E-state index in [1.807, 2.05) is 0 Å². The zero-order valence-electron chi connectivity index (χ0n) is 14.5. The van der Waals surface area contributed by atoms with Crippen molar-refractivity contribution in [3.8, 4) is 0 Å². The lowest BCUT2D eigenvalue weighted by atomic mass is 10.1. The number of nitrogens with zero attached hydrogens (tertiary/aromatic N) is 1. The number of aliphatic imine (C=N–C) groups is 1. The van der Waals surface area contributed by atoms with Crippen LogP contribution in [-0.2, 0) is 13.1 Å². The van der Waals surface area contributed by atoms with Gasteiger partial charge in [0.2, 0.25) is 0 Å². The second-order valence-electron chi connectivity index (χ2n) is 5.22. The Kier molecular flexibility index (Phi) is 8.84. The summed E-state index contributed by atoms with van der Waals surface area (Å²) in [5, 5.41) is 6.42. The van der Waals surface area contributed by atoms with Gasteiger partial charge >= 0.3 is 0 Å². The van der Waals surface area contributed by atoms with Gasteiger partial charge in [-0.2, -0.15) is 0 Å². The Labute approximate surface area is 169 Å². The van der Waals surface area contributed by atoms with E-state index >= 15 is 0 Å². The number of rotatable bonds is 6. The van der Waals surface area contributed by atoms with Crippen LogP contribution in [0.3, 0.4) is 0 Å².